The molecule has 0 fully saturated rings. The Morgan fingerprint density at radius 2 is 1.76 bits per heavy atom. The summed E-state index contributed by atoms with van der Waals surface area (Å²) in [5.74, 6) is 0.225. The van der Waals surface area contributed by atoms with E-state index in [0.29, 0.717) is 5.56 Å². The van der Waals surface area contributed by atoms with Gasteiger partial charge in [0, 0.05) is 0 Å². The van der Waals surface area contributed by atoms with Crippen molar-refractivity contribution in [3.63, 3.8) is 0 Å². The third-order valence-corrected chi connectivity index (χ3v) is 1.64. The second-order valence-corrected chi connectivity index (χ2v) is 2.46. The Kier molecular flexibility index (Phi) is 11.2. The van der Waals surface area contributed by atoms with E-state index in [4.69, 9.17) is 15.1 Å². The van der Waals surface area contributed by atoms with Crippen LogP contribution in [0.3, 0.4) is 0 Å². The van der Waals surface area contributed by atoms with Crippen LogP contribution in [0.1, 0.15) is 39.4 Å². The highest BCUT2D eigenvalue weighted by atomic mass is 16.5. The minimum atomic E-state index is -1.19. The second kappa shape index (κ2) is 10.8. The van der Waals surface area contributed by atoms with E-state index < -0.39 is 6.10 Å². The van der Waals surface area contributed by atoms with Gasteiger partial charge in [-0.3, -0.25) is 0 Å². The maximum atomic E-state index is 9.20. The molecule has 17 heavy (non-hydrogen) atoms. The lowest BCUT2D eigenvalue weighted by atomic mass is 10.1. The molecule has 0 aromatic heterocycles. The third-order valence-electron chi connectivity index (χ3n) is 1.64. The van der Waals surface area contributed by atoms with Crippen molar-refractivity contribution in [3.05, 3.63) is 23.8 Å². The molecule has 1 unspecified atom stereocenters. The number of nitriles is 1. The Morgan fingerprint density at radius 1 is 1.24 bits per heavy atom. The van der Waals surface area contributed by atoms with Gasteiger partial charge in [-0.15, -0.1) is 0 Å². The van der Waals surface area contributed by atoms with Crippen molar-refractivity contribution in [2.24, 2.45) is 0 Å². The molecule has 0 aliphatic rings. The first-order valence-corrected chi connectivity index (χ1v) is 5.63. The summed E-state index contributed by atoms with van der Waals surface area (Å²) in [7, 11) is 1.40. The molecule has 0 amide bonds. The number of aliphatic hydroxyl groups excluding tert-OH is 1. The van der Waals surface area contributed by atoms with E-state index in [1.54, 1.807) is 6.07 Å². The molecule has 0 spiro atoms. The first-order valence-electron chi connectivity index (χ1n) is 5.63. The van der Waals surface area contributed by atoms with Crippen molar-refractivity contribution in [1.82, 2.24) is 0 Å². The molecular formula is C13H21NO3. The van der Waals surface area contributed by atoms with Crippen LogP contribution in [0.15, 0.2) is 18.2 Å². The van der Waals surface area contributed by atoms with Gasteiger partial charge in [-0.2, -0.15) is 5.26 Å². The number of aromatic hydroxyl groups is 1. The number of phenolic OH excluding ortho intramolecular Hbond substituents is 1. The minimum Gasteiger partial charge on any atom is -0.504 e. The Labute approximate surface area is 103 Å². The molecule has 0 saturated heterocycles. The van der Waals surface area contributed by atoms with Crippen LogP contribution >= 0.6 is 0 Å². The summed E-state index contributed by atoms with van der Waals surface area (Å²) < 4.78 is 4.81. The molecule has 96 valence electrons. The van der Waals surface area contributed by atoms with Gasteiger partial charge < -0.3 is 14.9 Å². The Balaban J connectivity index is 0. The van der Waals surface area contributed by atoms with Gasteiger partial charge in [0.15, 0.2) is 17.6 Å². The fourth-order valence-corrected chi connectivity index (χ4v) is 0.939. The van der Waals surface area contributed by atoms with Gasteiger partial charge in [0.1, 0.15) is 0 Å². The number of aliphatic hydroxyl groups is 1. The van der Waals surface area contributed by atoms with E-state index in [0.717, 1.165) is 0 Å². The van der Waals surface area contributed by atoms with E-state index >= 15 is 0 Å². The fourth-order valence-electron chi connectivity index (χ4n) is 0.939. The Morgan fingerprint density at radius 3 is 2.18 bits per heavy atom. The molecule has 1 atom stereocenters. The molecule has 4 heteroatoms. The van der Waals surface area contributed by atoms with Crippen LogP contribution in [0, 0.1) is 11.3 Å². The number of hydrogen-bond acceptors (Lipinski definition) is 4. The summed E-state index contributed by atoms with van der Waals surface area (Å²) >= 11 is 0. The first-order chi connectivity index (χ1) is 8.19. The van der Waals surface area contributed by atoms with Gasteiger partial charge in [0.2, 0.25) is 0 Å². The predicted molar refractivity (Wildman–Crippen MR) is 67.9 cm³/mol. The highest BCUT2D eigenvalue weighted by molar-refractivity contribution is 5.43. The standard InChI is InChI=1S/C9H9NO3.2C2H6/c1-13-9-4-6(8(12)5-10)2-3-7(9)11;2*1-2/h2-4,8,11-12H,1H3;2*1-2H3. The van der Waals surface area contributed by atoms with Crippen molar-refractivity contribution in [3.8, 4) is 17.6 Å². The smallest absolute Gasteiger partial charge is 0.166 e. The molecule has 0 saturated carbocycles. The number of methoxy groups -OCH3 is 1. The van der Waals surface area contributed by atoms with Crippen molar-refractivity contribution in [2.75, 3.05) is 7.11 Å². The Hall–Kier alpha value is -1.73. The van der Waals surface area contributed by atoms with Gasteiger partial charge in [-0.1, -0.05) is 33.8 Å². The maximum absolute atomic E-state index is 9.20. The third kappa shape index (κ3) is 5.79. The van der Waals surface area contributed by atoms with Crippen molar-refractivity contribution in [2.45, 2.75) is 33.8 Å². The number of hydrogen-bond donors (Lipinski definition) is 2. The summed E-state index contributed by atoms with van der Waals surface area (Å²) in [4.78, 5) is 0. The molecule has 1 aromatic rings. The molecule has 0 aliphatic heterocycles. The largest absolute Gasteiger partial charge is 0.504 e. The maximum Gasteiger partial charge on any atom is 0.166 e. The first kappa shape index (κ1) is 17.7. The van der Waals surface area contributed by atoms with Crippen LogP contribution in [-0.2, 0) is 0 Å². The zero-order valence-corrected chi connectivity index (χ0v) is 11.1. The topological polar surface area (TPSA) is 73.5 Å². The van der Waals surface area contributed by atoms with Gasteiger partial charge >= 0.3 is 0 Å². The molecule has 2 N–H and O–H groups in total. The van der Waals surface area contributed by atoms with Gasteiger partial charge in [-0.05, 0) is 17.7 Å². The van der Waals surface area contributed by atoms with E-state index in [1.807, 2.05) is 27.7 Å². The molecule has 1 aromatic carbocycles. The highest BCUT2D eigenvalue weighted by Gasteiger charge is 2.08. The molecule has 4 nitrogen and oxygen atoms in total. The molecule has 0 heterocycles. The Bertz CT molecular complexity index is 345. The van der Waals surface area contributed by atoms with E-state index in [1.165, 1.54) is 25.3 Å². The number of ether oxygens (including phenoxy) is 1. The quantitative estimate of drug-likeness (QED) is 0.778. The fraction of sp³-hybridized carbons (Fsp3) is 0.462. The van der Waals surface area contributed by atoms with Crippen LogP contribution < -0.4 is 4.74 Å². The normalized spacial score (nSPS) is 9.71. The number of benzene rings is 1. The summed E-state index contributed by atoms with van der Waals surface area (Å²) in [5, 5.41) is 26.8. The summed E-state index contributed by atoms with van der Waals surface area (Å²) in [6, 6.07) is 5.92. The molecule has 0 aliphatic carbocycles. The van der Waals surface area contributed by atoms with E-state index in [-0.39, 0.29) is 11.5 Å². The van der Waals surface area contributed by atoms with Crippen molar-refractivity contribution in [1.29, 1.82) is 5.26 Å². The van der Waals surface area contributed by atoms with E-state index in [2.05, 4.69) is 0 Å². The van der Waals surface area contributed by atoms with Crippen molar-refractivity contribution < 1.29 is 14.9 Å². The minimum absolute atomic E-state index is 0.0172. The average molecular weight is 239 g/mol. The van der Waals surface area contributed by atoms with Crippen LogP contribution in [0.2, 0.25) is 0 Å². The van der Waals surface area contributed by atoms with Crippen LogP contribution in [0.4, 0.5) is 0 Å². The van der Waals surface area contributed by atoms with Gasteiger partial charge in [0.05, 0.1) is 13.2 Å². The zero-order chi connectivity index (χ0) is 13.8. The lowest BCUT2D eigenvalue weighted by Gasteiger charge is -2.06. The van der Waals surface area contributed by atoms with Gasteiger partial charge in [0.25, 0.3) is 0 Å². The average Bonchev–Trinajstić information content (AvgIpc) is 2.43. The monoisotopic (exact) mass is 239 g/mol. The number of rotatable bonds is 2. The summed E-state index contributed by atoms with van der Waals surface area (Å²) in [6.45, 7) is 8.00. The van der Waals surface area contributed by atoms with Crippen LogP contribution in [0.5, 0.6) is 11.5 Å². The summed E-state index contributed by atoms with van der Waals surface area (Å²) in [5.41, 5.74) is 0.400. The number of nitrogens with zero attached hydrogens (tertiary/aromatic N) is 1. The molecule has 0 radical (unpaired) electrons. The van der Waals surface area contributed by atoms with Crippen LogP contribution in [-0.4, -0.2) is 17.3 Å². The molecular weight excluding hydrogens is 218 g/mol. The summed E-state index contributed by atoms with van der Waals surface area (Å²) in [6.07, 6.45) is -1.19. The SMILES string of the molecule is CC.CC.COc1cc(C(O)C#N)ccc1O. The number of phenols is 1. The molecule has 0 bridgehead atoms. The predicted octanol–water partition coefficient (Wildman–Crippen LogP) is 3.01. The second-order valence-electron chi connectivity index (χ2n) is 2.46. The van der Waals surface area contributed by atoms with Gasteiger partial charge in [-0.25, -0.2) is 0 Å². The van der Waals surface area contributed by atoms with Crippen LogP contribution in [0.25, 0.3) is 0 Å². The highest BCUT2D eigenvalue weighted by Crippen LogP contribution is 2.28. The van der Waals surface area contributed by atoms with Crippen molar-refractivity contribution >= 4 is 0 Å². The molecule has 1 rings (SSSR count). The zero-order valence-electron chi connectivity index (χ0n) is 11.1. The lowest BCUT2D eigenvalue weighted by molar-refractivity contribution is 0.235. The lowest BCUT2D eigenvalue weighted by Crippen LogP contribution is -1.94. The van der Waals surface area contributed by atoms with E-state index in [9.17, 15) is 5.11 Å².